The summed E-state index contributed by atoms with van der Waals surface area (Å²) in [6.45, 7) is -2.11. The number of rotatable bonds is 7. The van der Waals surface area contributed by atoms with Gasteiger partial charge in [-0.3, -0.25) is 0 Å². The van der Waals surface area contributed by atoms with E-state index >= 15 is 0 Å². The molecule has 0 unspecified atom stereocenters. The van der Waals surface area contributed by atoms with Crippen LogP contribution in [0.25, 0.3) is 0 Å². The van der Waals surface area contributed by atoms with Crippen molar-refractivity contribution in [2.24, 2.45) is 11.5 Å². The molecule has 3 heteroatoms. The third kappa shape index (κ3) is 7.88. The van der Waals surface area contributed by atoms with Crippen molar-refractivity contribution < 1.29 is 5.48 Å². The van der Waals surface area contributed by atoms with Crippen molar-refractivity contribution in [3.63, 3.8) is 0 Å². The van der Waals surface area contributed by atoms with Gasteiger partial charge in [-0.2, -0.15) is 0 Å². The van der Waals surface area contributed by atoms with E-state index in [0.29, 0.717) is 25.9 Å². The highest BCUT2D eigenvalue weighted by Gasteiger charge is 1.85. The minimum Gasteiger partial charge on any atom is -0.330 e. The quantitative estimate of drug-likeness (QED) is 0.344. The van der Waals surface area contributed by atoms with Gasteiger partial charge in [0.1, 0.15) is 0 Å². The standard InChI is InChI=1S/C7H19N3/c8-4-1-2-6-10-7-3-5-9/h10H,1-9H2/i4D2,5D2,6+1. The molecule has 0 radical (unpaired) electrons. The molecule has 0 heterocycles. The molecule has 0 aliphatic rings. The van der Waals surface area contributed by atoms with E-state index in [4.69, 9.17) is 17.0 Å². The summed E-state index contributed by atoms with van der Waals surface area (Å²) in [5, 5.41) is 2.97. The molecule has 10 heavy (non-hydrogen) atoms. The topological polar surface area (TPSA) is 64.1 Å². The fraction of sp³-hybridized carbons (Fsp3) is 1.00. The summed E-state index contributed by atoms with van der Waals surface area (Å²) >= 11 is 0. The van der Waals surface area contributed by atoms with Crippen LogP contribution in [0.1, 0.15) is 24.7 Å². The molecule has 0 aromatic carbocycles. The van der Waals surface area contributed by atoms with Crippen LogP contribution in [0.3, 0.4) is 0 Å². The van der Waals surface area contributed by atoms with Crippen LogP contribution in [0, 0.1) is 0 Å². The molecule has 0 bridgehead atoms. The van der Waals surface area contributed by atoms with Crippen LogP contribution in [-0.2, 0) is 0 Å². The van der Waals surface area contributed by atoms with Crippen LogP contribution in [0.2, 0.25) is 0 Å². The minimum absolute atomic E-state index is 0.252. The van der Waals surface area contributed by atoms with E-state index < -0.39 is 13.0 Å². The van der Waals surface area contributed by atoms with Gasteiger partial charge in [0.05, 0.1) is 0 Å². The maximum atomic E-state index is 7.05. The third-order valence-corrected chi connectivity index (χ3v) is 1.12. The molecule has 0 aliphatic carbocycles. The van der Waals surface area contributed by atoms with Gasteiger partial charge in [0.25, 0.3) is 0 Å². The minimum atomic E-state index is -1.63. The predicted molar refractivity (Wildman–Crippen MR) is 44.8 cm³/mol. The highest BCUT2D eigenvalue weighted by Crippen LogP contribution is 1.81. The molecule has 0 aromatic heterocycles. The van der Waals surface area contributed by atoms with Gasteiger partial charge in [-0.05, 0) is 45.3 Å². The molecule has 0 amide bonds. The van der Waals surface area contributed by atoms with Gasteiger partial charge in [-0.25, -0.2) is 0 Å². The Morgan fingerprint density at radius 1 is 1.00 bits per heavy atom. The van der Waals surface area contributed by atoms with Crippen molar-refractivity contribution >= 4 is 0 Å². The van der Waals surface area contributed by atoms with E-state index in [1.54, 1.807) is 0 Å². The average molecular weight is 150 g/mol. The van der Waals surface area contributed by atoms with Crippen LogP contribution < -0.4 is 16.8 Å². The van der Waals surface area contributed by atoms with Gasteiger partial charge in [0, 0.05) is 5.48 Å². The summed E-state index contributed by atoms with van der Waals surface area (Å²) < 4.78 is 28.2. The van der Waals surface area contributed by atoms with Crippen molar-refractivity contribution in [1.82, 2.24) is 5.32 Å². The maximum absolute atomic E-state index is 7.05. The highest BCUT2D eigenvalue weighted by atomic mass is 15.0. The summed E-state index contributed by atoms with van der Waals surface area (Å²) in [5.41, 5.74) is 10.3. The zero-order valence-corrected chi connectivity index (χ0v) is 6.19. The molecular formula is C7H19N3. The molecule has 5 N–H and O–H groups in total. The van der Waals surface area contributed by atoms with Crippen molar-refractivity contribution in [2.75, 3.05) is 26.1 Å². The number of nitrogens with one attached hydrogen (secondary N) is 1. The Morgan fingerprint density at radius 3 is 2.20 bits per heavy atom. The molecule has 0 aromatic rings. The number of hydrogen-bond acceptors (Lipinski definition) is 3. The van der Waals surface area contributed by atoms with E-state index in [1.165, 1.54) is 0 Å². The molecule has 0 saturated heterocycles. The van der Waals surface area contributed by atoms with Gasteiger partial charge in [-0.15, -0.1) is 0 Å². The first kappa shape index (κ1) is 4.70. The lowest BCUT2D eigenvalue weighted by molar-refractivity contribution is 0.611. The van der Waals surface area contributed by atoms with Gasteiger partial charge >= 0.3 is 0 Å². The summed E-state index contributed by atoms with van der Waals surface area (Å²) in [7, 11) is 0. The third-order valence-electron chi connectivity index (χ3n) is 1.12. The van der Waals surface area contributed by atoms with E-state index in [0.717, 1.165) is 0 Å². The van der Waals surface area contributed by atoms with Gasteiger partial charge in [0.15, 0.2) is 0 Å². The van der Waals surface area contributed by atoms with Crippen molar-refractivity contribution in [3.8, 4) is 0 Å². The molecule has 0 aliphatic heterocycles. The molecule has 62 valence electrons. The fourth-order valence-electron chi connectivity index (χ4n) is 0.601. The van der Waals surface area contributed by atoms with E-state index in [1.807, 2.05) is 0 Å². The monoisotopic (exact) mass is 150 g/mol. The number of hydrogen-bond donors (Lipinski definition) is 3. The molecule has 0 spiro atoms. The summed E-state index contributed by atoms with van der Waals surface area (Å²) in [6, 6.07) is 0. The van der Waals surface area contributed by atoms with Crippen LogP contribution in [0.4, 0.5) is 0 Å². The lowest BCUT2D eigenvalue weighted by Gasteiger charge is -2.01. The zero-order valence-electron chi connectivity index (χ0n) is 10.2. The molecule has 0 fully saturated rings. The normalized spacial score (nSPS) is 19.0. The largest absolute Gasteiger partial charge is 0.330 e. The Balaban J connectivity index is 3.23. The Bertz CT molecular complexity index is 134. The Labute approximate surface area is 68.8 Å². The molecule has 3 nitrogen and oxygen atoms in total. The average Bonchev–Trinajstić information content (AvgIpc) is 1.92. The Morgan fingerprint density at radius 2 is 1.60 bits per heavy atom. The van der Waals surface area contributed by atoms with Crippen LogP contribution in [-0.4, -0.2) is 26.1 Å². The van der Waals surface area contributed by atoms with Crippen LogP contribution in [0.15, 0.2) is 0 Å². The molecule has 0 saturated carbocycles. The van der Waals surface area contributed by atoms with E-state index in [-0.39, 0.29) is 6.42 Å². The zero-order chi connectivity index (χ0) is 11.2. The second-order valence-corrected chi connectivity index (χ2v) is 2.01. The summed E-state index contributed by atoms with van der Waals surface area (Å²) in [4.78, 5) is 0. The van der Waals surface area contributed by atoms with E-state index in [2.05, 4.69) is 5.32 Å². The SMILES string of the molecule is [2H]C([2H])(N)CC[13CH2]NCCC([2H])([2H])N. The fourth-order valence-corrected chi connectivity index (χ4v) is 0.601. The van der Waals surface area contributed by atoms with Crippen molar-refractivity contribution in [2.45, 2.75) is 19.3 Å². The Hall–Kier alpha value is -0.120. The van der Waals surface area contributed by atoms with Gasteiger partial charge in [0.2, 0.25) is 0 Å². The van der Waals surface area contributed by atoms with Crippen LogP contribution in [0.5, 0.6) is 0 Å². The first-order valence-corrected chi connectivity index (χ1v) is 3.49. The van der Waals surface area contributed by atoms with Crippen LogP contribution >= 0.6 is 0 Å². The van der Waals surface area contributed by atoms with Gasteiger partial charge < -0.3 is 16.8 Å². The second kappa shape index (κ2) is 8.88. The maximum Gasteiger partial charge on any atom is 0.0426 e. The van der Waals surface area contributed by atoms with E-state index in [9.17, 15) is 0 Å². The Kier molecular flexibility index (Phi) is 4.17. The first-order valence-electron chi connectivity index (χ1n) is 5.49. The lowest BCUT2D eigenvalue weighted by Crippen LogP contribution is -2.19. The second-order valence-electron chi connectivity index (χ2n) is 2.01. The van der Waals surface area contributed by atoms with Gasteiger partial charge in [-0.1, -0.05) is 0 Å². The van der Waals surface area contributed by atoms with Crippen molar-refractivity contribution in [1.29, 1.82) is 0 Å². The predicted octanol–water partition coefficient (Wildman–Crippen LogP) is -0.336. The molecule has 0 atom stereocenters. The molecule has 0 rings (SSSR count). The summed E-state index contributed by atoms with van der Waals surface area (Å²) in [5.74, 6) is 0. The molecular weight excluding hydrogens is 127 g/mol. The highest BCUT2D eigenvalue weighted by molar-refractivity contribution is 4.49. The van der Waals surface area contributed by atoms with Crippen molar-refractivity contribution in [3.05, 3.63) is 0 Å². The first-order chi connectivity index (χ1) is 6.21. The summed E-state index contributed by atoms with van der Waals surface area (Å²) in [6.07, 6.45) is 1.19. The lowest BCUT2D eigenvalue weighted by atomic mass is 10.4. The smallest absolute Gasteiger partial charge is 0.0426 e. The number of nitrogens with two attached hydrogens (primary N) is 2.